The van der Waals surface area contributed by atoms with E-state index in [0.717, 1.165) is 36.0 Å². The van der Waals surface area contributed by atoms with Crippen LogP contribution in [0.1, 0.15) is 18.4 Å². The lowest BCUT2D eigenvalue weighted by molar-refractivity contribution is -0.129. The lowest BCUT2D eigenvalue weighted by atomic mass is 10.1. The fourth-order valence-electron chi connectivity index (χ4n) is 1.66. The molecule has 0 spiro atoms. The summed E-state index contributed by atoms with van der Waals surface area (Å²) in [6, 6.07) is 7.86. The Balaban J connectivity index is 2.37. The molecule has 0 aliphatic carbocycles. The predicted molar refractivity (Wildman–Crippen MR) is 77.4 cm³/mol. The average molecular weight is 314 g/mol. The van der Waals surface area contributed by atoms with Crippen molar-refractivity contribution in [2.75, 3.05) is 26.0 Å². The van der Waals surface area contributed by atoms with Crippen molar-refractivity contribution in [1.82, 2.24) is 4.90 Å². The van der Waals surface area contributed by atoms with E-state index in [4.69, 9.17) is 4.74 Å². The molecule has 100 valence electrons. The van der Waals surface area contributed by atoms with Crippen LogP contribution in [-0.2, 0) is 11.2 Å². The number of hydrogen-bond acceptors (Lipinski definition) is 2. The summed E-state index contributed by atoms with van der Waals surface area (Å²) in [5.74, 6) is 1.05. The Morgan fingerprint density at radius 3 is 2.56 bits per heavy atom. The molecule has 0 saturated carbocycles. The van der Waals surface area contributed by atoms with E-state index in [2.05, 4.69) is 15.9 Å². The van der Waals surface area contributed by atoms with Gasteiger partial charge in [-0.1, -0.05) is 28.1 Å². The van der Waals surface area contributed by atoms with Gasteiger partial charge >= 0.3 is 0 Å². The zero-order valence-electron chi connectivity index (χ0n) is 11.0. The molecule has 1 amide bonds. The van der Waals surface area contributed by atoms with Crippen molar-refractivity contribution < 1.29 is 9.53 Å². The van der Waals surface area contributed by atoms with Gasteiger partial charge < -0.3 is 9.64 Å². The molecular weight excluding hydrogens is 294 g/mol. The number of nitrogens with zero attached hydrogens (tertiary/aromatic N) is 1. The van der Waals surface area contributed by atoms with Crippen molar-refractivity contribution in [2.24, 2.45) is 0 Å². The molecule has 0 heterocycles. The van der Waals surface area contributed by atoms with Crippen LogP contribution in [0, 0.1) is 0 Å². The van der Waals surface area contributed by atoms with E-state index in [0.29, 0.717) is 6.42 Å². The van der Waals surface area contributed by atoms with E-state index in [1.54, 1.807) is 12.0 Å². The van der Waals surface area contributed by atoms with Crippen LogP contribution in [-0.4, -0.2) is 36.8 Å². The molecule has 18 heavy (non-hydrogen) atoms. The number of halogens is 1. The molecule has 0 bridgehead atoms. The number of aryl methyl sites for hydroxylation is 1. The quantitative estimate of drug-likeness (QED) is 0.724. The molecule has 4 heteroatoms. The second kappa shape index (κ2) is 8.14. The molecule has 3 nitrogen and oxygen atoms in total. The first-order valence-electron chi connectivity index (χ1n) is 6.10. The van der Waals surface area contributed by atoms with Gasteiger partial charge in [-0.3, -0.25) is 4.79 Å². The van der Waals surface area contributed by atoms with E-state index in [1.165, 1.54) is 0 Å². The maximum atomic E-state index is 11.8. The lowest BCUT2D eigenvalue weighted by Gasteiger charge is -2.16. The maximum absolute atomic E-state index is 11.8. The first-order valence-corrected chi connectivity index (χ1v) is 7.22. The van der Waals surface area contributed by atoms with Crippen LogP contribution in [0.3, 0.4) is 0 Å². The highest BCUT2D eigenvalue weighted by Gasteiger charge is 2.08. The van der Waals surface area contributed by atoms with Gasteiger partial charge in [0.05, 0.1) is 7.11 Å². The van der Waals surface area contributed by atoms with E-state index in [1.807, 2.05) is 31.3 Å². The first kappa shape index (κ1) is 15.0. The lowest BCUT2D eigenvalue weighted by Crippen LogP contribution is -2.28. The molecule has 0 aliphatic rings. The number of carbonyl (C=O) groups is 1. The molecule has 0 atom stereocenters. The smallest absolute Gasteiger partial charge is 0.222 e. The minimum Gasteiger partial charge on any atom is -0.497 e. The van der Waals surface area contributed by atoms with E-state index < -0.39 is 0 Å². The van der Waals surface area contributed by atoms with Gasteiger partial charge in [-0.05, 0) is 30.5 Å². The standard InChI is InChI=1S/C14H20BrNO2/c1-16(11-3-10-15)14(17)9-6-12-4-7-13(18-2)8-5-12/h4-5,7-8H,3,6,9-11H2,1-2H3. The number of hydrogen-bond donors (Lipinski definition) is 0. The monoisotopic (exact) mass is 313 g/mol. The number of rotatable bonds is 7. The third-order valence-electron chi connectivity index (χ3n) is 2.84. The van der Waals surface area contributed by atoms with Gasteiger partial charge in [0.1, 0.15) is 5.75 Å². The second-order valence-corrected chi connectivity index (χ2v) is 5.00. The molecule has 0 saturated heterocycles. The van der Waals surface area contributed by atoms with Crippen LogP contribution in [0.15, 0.2) is 24.3 Å². The van der Waals surface area contributed by atoms with Crippen LogP contribution in [0.2, 0.25) is 0 Å². The summed E-state index contributed by atoms with van der Waals surface area (Å²) in [6.45, 7) is 0.812. The Hall–Kier alpha value is -1.03. The third-order valence-corrected chi connectivity index (χ3v) is 3.40. The molecule has 0 fully saturated rings. The van der Waals surface area contributed by atoms with Crippen LogP contribution in [0.25, 0.3) is 0 Å². The molecule has 0 aliphatic heterocycles. The van der Waals surface area contributed by atoms with Crippen LogP contribution in [0.4, 0.5) is 0 Å². The summed E-state index contributed by atoms with van der Waals surface area (Å²) >= 11 is 3.37. The van der Waals surface area contributed by atoms with Gasteiger partial charge in [0.15, 0.2) is 0 Å². The molecule has 0 unspecified atom stereocenters. The SMILES string of the molecule is COc1ccc(CCC(=O)N(C)CCCBr)cc1. The highest BCUT2D eigenvalue weighted by atomic mass is 79.9. The zero-order valence-corrected chi connectivity index (χ0v) is 12.6. The van der Waals surface area contributed by atoms with Gasteiger partial charge in [-0.15, -0.1) is 0 Å². The maximum Gasteiger partial charge on any atom is 0.222 e. The highest BCUT2D eigenvalue weighted by Crippen LogP contribution is 2.13. The minimum atomic E-state index is 0.201. The molecule has 0 radical (unpaired) electrons. The summed E-state index contributed by atoms with van der Waals surface area (Å²) < 4.78 is 5.10. The number of ether oxygens (including phenoxy) is 1. The summed E-state index contributed by atoms with van der Waals surface area (Å²) in [4.78, 5) is 13.6. The summed E-state index contributed by atoms with van der Waals surface area (Å²) in [6.07, 6.45) is 2.33. The van der Waals surface area contributed by atoms with Crippen LogP contribution >= 0.6 is 15.9 Å². The zero-order chi connectivity index (χ0) is 13.4. The van der Waals surface area contributed by atoms with Gasteiger partial charge in [-0.2, -0.15) is 0 Å². The van der Waals surface area contributed by atoms with Gasteiger partial charge in [-0.25, -0.2) is 0 Å². The molecule has 1 aromatic rings. The Morgan fingerprint density at radius 1 is 1.33 bits per heavy atom. The number of benzene rings is 1. The Kier molecular flexibility index (Phi) is 6.80. The van der Waals surface area contributed by atoms with Gasteiger partial charge in [0.2, 0.25) is 5.91 Å². The largest absolute Gasteiger partial charge is 0.497 e. The van der Waals surface area contributed by atoms with Crippen LogP contribution in [0.5, 0.6) is 5.75 Å². The van der Waals surface area contributed by atoms with Crippen molar-refractivity contribution in [3.63, 3.8) is 0 Å². The average Bonchev–Trinajstić information content (AvgIpc) is 2.42. The summed E-state index contributed by atoms with van der Waals surface area (Å²) in [7, 11) is 3.51. The van der Waals surface area contributed by atoms with Crippen molar-refractivity contribution in [1.29, 1.82) is 0 Å². The second-order valence-electron chi connectivity index (χ2n) is 4.21. The molecule has 0 aromatic heterocycles. The Labute approximate surface area is 117 Å². The minimum absolute atomic E-state index is 0.201. The van der Waals surface area contributed by atoms with Crippen molar-refractivity contribution in [3.05, 3.63) is 29.8 Å². The van der Waals surface area contributed by atoms with Gasteiger partial charge in [0.25, 0.3) is 0 Å². The fourth-order valence-corrected chi connectivity index (χ4v) is 1.91. The molecule has 1 aromatic carbocycles. The third kappa shape index (κ3) is 5.08. The first-order chi connectivity index (χ1) is 8.67. The van der Waals surface area contributed by atoms with E-state index in [9.17, 15) is 4.79 Å². The van der Waals surface area contributed by atoms with Gasteiger partial charge in [0, 0.05) is 25.3 Å². The normalized spacial score (nSPS) is 10.2. The molecular formula is C14H20BrNO2. The van der Waals surface area contributed by atoms with Crippen LogP contribution < -0.4 is 4.74 Å². The summed E-state index contributed by atoms with van der Waals surface area (Å²) in [5.41, 5.74) is 1.16. The highest BCUT2D eigenvalue weighted by molar-refractivity contribution is 9.09. The number of alkyl halides is 1. The van der Waals surface area contributed by atoms with Crippen molar-refractivity contribution in [3.8, 4) is 5.75 Å². The van der Waals surface area contributed by atoms with Crippen molar-refractivity contribution in [2.45, 2.75) is 19.3 Å². The fraction of sp³-hybridized carbons (Fsp3) is 0.500. The number of methoxy groups -OCH3 is 1. The summed E-state index contributed by atoms with van der Waals surface area (Å²) in [5, 5.41) is 0.934. The number of carbonyl (C=O) groups excluding carboxylic acids is 1. The van der Waals surface area contributed by atoms with Crippen molar-refractivity contribution >= 4 is 21.8 Å². The predicted octanol–water partition coefficient (Wildman–Crippen LogP) is 2.87. The number of amides is 1. The molecule has 1 rings (SSSR count). The Morgan fingerprint density at radius 2 is 2.00 bits per heavy atom. The van der Waals surface area contributed by atoms with E-state index in [-0.39, 0.29) is 5.91 Å². The molecule has 0 N–H and O–H groups in total. The topological polar surface area (TPSA) is 29.5 Å². The Bertz CT molecular complexity index is 365. The van der Waals surface area contributed by atoms with E-state index >= 15 is 0 Å².